The normalized spacial score (nSPS) is 18.1. The number of aryl methyl sites for hydroxylation is 1. The molecular weight excluding hydrogens is 358 g/mol. The number of amides is 2. The zero-order valence-electron chi connectivity index (χ0n) is 15.6. The van der Waals surface area contributed by atoms with Crippen LogP contribution < -0.4 is 4.90 Å². The number of hydrogen-bond acceptors (Lipinski definition) is 5. The lowest BCUT2D eigenvalue weighted by atomic mass is 10.1. The summed E-state index contributed by atoms with van der Waals surface area (Å²) < 4.78 is 0. The summed E-state index contributed by atoms with van der Waals surface area (Å²) in [6, 6.07) is 12.3. The van der Waals surface area contributed by atoms with E-state index in [1.165, 1.54) is 27.5 Å². The van der Waals surface area contributed by atoms with E-state index in [1.54, 1.807) is 0 Å². The van der Waals surface area contributed by atoms with Crippen molar-refractivity contribution < 1.29 is 9.59 Å². The predicted molar refractivity (Wildman–Crippen MR) is 109 cm³/mol. The minimum Gasteiger partial charge on any atom is -0.368 e. The molecule has 2 aliphatic heterocycles. The van der Waals surface area contributed by atoms with Gasteiger partial charge in [0.2, 0.25) is 0 Å². The van der Waals surface area contributed by atoms with Crippen molar-refractivity contribution in [1.82, 2.24) is 9.80 Å². The third kappa shape index (κ3) is 3.14. The fraction of sp³-hybridized carbons (Fsp3) is 0.333. The number of rotatable bonds is 4. The van der Waals surface area contributed by atoms with Gasteiger partial charge in [-0.15, -0.1) is 11.3 Å². The third-order valence-electron chi connectivity index (χ3n) is 5.19. The highest BCUT2D eigenvalue weighted by Gasteiger charge is 2.41. The molecule has 0 atom stereocenters. The van der Waals surface area contributed by atoms with Crippen LogP contribution in [-0.2, 0) is 9.59 Å². The highest BCUT2D eigenvalue weighted by Crippen LogP contribution is 2.34. The first-order chi connectivity index (χ1) is 13.1. The number of piperazine rings is 1. The number of carbonyl (C=O) groups excluding carboxylic acids is 2. The Balaban J connectivity index is 1.60. The molecule has 2 aliphatic rings. The fourth-order valence-electron chi connectivity index (χ4n) is 3.80. The van der Waals surface area contributed by atoms with Gasteiger partial charge in [-0.25, -0.2) is 0 Å². The van der Waals surface area contributed by atoms with Gasteiger partial charge in [-0.1, -0.05) is 18.2 Å². The first-order valence-electron chi connectivity index (χ1n) is 9.31. The van der Waals surface area contributed by atoms with E-state index in [2.05, 4.69) is 41.0 Å². The molecule has 5 nitrogen and oxygen atoms in total. The highest BCUT2D eigenvalue weighted by atomic mass is 32.1. The number of benzene rings is 1. The van der Waals surface area contributed by atoms with E-state index in [0.29, 0.717) is 17.8 Å². The monoisotopic (exact) mass is 381 g/mol. The molecule has 3 heterocycles. The average molecular weight is 382 g/mol. The fourth-order valence-corrected chi connectivity index (χ4v) is 4.56. The summed E-state index contributed by atoms with van der Waals surface area (Å²) in [7, 11) is 0. The Morgan fingerprint density at radius 2 is 1.70 bits per heavy atom. The smallest absolute Gasteiger partial charge is 0.277 e. The number of likely N-dealkylation sites (N-methyl/N-ethyl adjacent to an activating group) is 1. The van der Waals surface area contributed by atoms with Crippen molar-refractivity contribution in [2.24, 2.45) is 0 Å². The van der Waals surface area contributed by atoms with E-state index < -0.39 is 0 Å². The van der Waals surface area contributed by atoms with Crippen molar-refractivity contribution in [1.29, 1.82) is 0 Å². The summed E-state index contributed by atoms with van der Waals surface area (Å²) >= 11 is 1.51. The zero-order chi connectivity index (χ0) is 19.0. The maximum atomic E-state index is 12.9. The van der Waals surface area contributed by atoms with E-state index in [1.807, 2.05) is 24.4 Å². The van der Waals surface area contributed by atoms with Crippen LogP contribution >= 0.6 is 11.3 Å². The quantitative estimate of drug-likeness (QED) is 0.764. The van der Waals surface area contributed by atoms with E-state index in [-0.39, 0.29) is 11.8 Å². The van der Waals surface area contributed by atoms with E-state index in [9.17, 15) is 9.59 Å². The summed E-state index contributed by atoms with van der Waals surface area (Å²) in [5.41, 5.74) is 3.60. The second-order valence-corrected chi connectivity index (χ2v) is 7.82. The summed E-state index contributed by atoms with van der Waals surface area (Å²) in [6.45, 7) is 7.47. The van der Waals surface area contributed by atoms with Crippen molar-refractivity contribution in [3.05, 3.63) is 57.9 Å². The van der Waals surface area contributed by atoms with Crippen LogP contribution in [0.1, 0.15) is 17.4 Å². The van der Waals surface area contributed by atoms with Crippen LogP contribution in [0.4, 0.5) is 5.69 Å². The molecule has 0 unspecified atom stereocenters. The SMILES string of the molecule is CCN1C(=O)C(c2cccs2)=C(N2CCN(c3cccc(C)c3)CC2)C1=O. The lowest BCUT2D eigenvalue weighted by molar-refractivity contribution is -0.137. The number of carbonyl (C=O) groups is 2. The molecule has 0 saturated carbocycles. The van der Waals surface area contributed by atoms with Crippen molar-refractivity contribution in [2.75, 3.05) is 37.6 Å². The van der Waals surface area contributed by atoms with Crippen molar-refractivity contribution >= 4 is 34.4 Å². The van der Waals surface area contributed by atoms with Gasteiger partial charge in [0.25, 0.3) is 11.8 Å². The Kier molecular flexibility index (Phi) is 4.74. The van der Waals surface area contributed by atoms with Crippen LogP contribution in [0, 0.1) is 6.92 Å². The van der Waals surface area contributed by atoms with Crippen LogP contribution in [0.3, 0.4) is 0 Å². The maximum absolute atomic E-state index is 12.9. The molecule has 1 fully saturated rings. The van der Waals surface area contributed by atoms with Crippen LogP contribution in [0.2, 0.25) is 0 Å². The van der Waals surface area contributed by atoms with E-state index in [4.69, 9.17) is 0 Å². The highest BCUT2D eigenvalue weighted by molar-refractivity contribution is 7.11. The van der Waals surface area contributed by atoms with Crippen LogP contribution in [-0.4, -0.2) is 54.3 Å². The second kappa shape index (κ2) is 7.19. The molecule has 0 N–H and O–H groups in total. The van der Waals surface area contributed by atoms with Gasteiger partial charge in [-0.3, -0.25) is 14.5 Å². The van der Waals surface area contributed by atoms with Crippen molar-refractivity contribution in [2.45, 2.75) is 13.8 Å². The van der Waals surface area contributed by atoms with Crippen LogP contribution in [0.15, 0.2) is 47.5 Å². The van der Waals surface area contributed by atoms with Gasteiger partial charge in [0.15, 0.2) is 0 Å². The van der Waals surface area contributed by atoms with Gasteiger partial charge in [0.05, 0.1) is 5.57 Å². The van der Waals surface area contributed by atoms with Gasteiger partial charge < -0.3 is 9.80 Å². The molecule has 2 amide bonds. The minimum absolute atomic E-state index is 0.157. The third-order valence-corrected chi connectivity index (χ3v) is 6.08. The molecule has 0 bridgehead atoms. The summed E-state index contributed by atoms with van der Waals surface area (Å²) in [6.07, 6.45) is 0. The molecule has 1 aromatic heterocycles. The minimum atomic E-state index is -0.166. The standard InChI is InChI=1S/C21H23N3O2S/c1-3-24-20(25)18(17-8-5-13-27-17)19(21(24)26)23-11-9-22(10-12-23)16-7-4-6-15(2)14-16/h4-8,13-14H,3,9-12H2,1-2H3. The number of nitrogens with zero attached hydrogens (tertiary/aromatic N) is 3. The molecule has 2 aromatic rings. The molecule has 6 heteroatoms. The Morgan fingerprint density at radius 3 is 2.33 bits per heavy atom. The van der Waals surface area contributed by atoms with Gasteiger partial charge in [0, 0.05) is 43.3 Å². The van der Waals surface area contributed by atoms with Gasteiger partial charge in [-0.2, -0.15) is 0 Å². The first kappa shape index (κ1) is 17.8. The Labute approximate surface area is 163 Å². The predicted octanol–water partition coefficient (Wildman–Crippen LogP) is 2.98. The summed E-state index contributed by atoms with van der Waals surface area (Å²) in [5.74, 6) is -0.323. The number of anilines is 1. The average Bonchev–Trinajstić information content (AvgIpc) is 3.28. The number of hydrogen-bond donors (Lipinski definition) is 0. The molecule has 1 aromatic carbocycles. The Hall–Kier alpha value is -2.60. The molecule has 140 valence electrons. The second-order valence-electron chi connectivity index (χ2n) is 6.87. The van der Waals surface area contributed by atoms with Gasteiger partial charge in [0.1, 0.15) is 5.70 Å². The summed E-state index contributed by atoms with van der Waals surface area (Å²) in [4.78, 5) is 32.5. The van der Waals surface area contributed by atoms with E-state index in [0.717, 1.165) is 31.1 Å². The molecule has 4 rings (SSSR count). The first-order valence-corrected chi connectivity index (χ1v) is 10.2. The zero-order valence-corrected chi connectivity index (χ0v) is 16.5. The molecular formula is C21H23N3O2S. The van der Waals surface area contributed by atoms with Crippen LogP contribution in [0.25, 0.3) is 5.57 Å². The van der Waals surface area contributed by atoms with Gasteiger partial charge in [-0.05, 0) is 43.0 Å². The number of thiophene rings is 1. The molecule has 27 heavy (non-hydrogen) atoms. The van der Waals surface area contributed by atoms with Gasteiger partial charge >= 0.3 is 0 Å². The molecule has 0 aliphatic carbocycles. The van der Waals surface area contributed by atoms with Crippen molar-refractivity contribution in [3.63, 3.8) is 0 Å². The Morgan fingerprint density at radius 1 is 0.963 bits per heavy atom. The molecule has 1 saturated heterocycles. The Bertz CT molecular complexity index is 896. The maximum Gasteiger partial charge on any atom is 0.277 e. The van der Waals surface area contributed by atoms with Crippen LogP contribution in [0.5, 0.6) is 0 Å². The summed E-state index contributed by atoms with van der Waals surface area (Å²) in [5, 5.41) is 1.95. The van der Waals surface area contributed by atoms with E-state index >= 15 is 0 Å². The lowest BCUT2D eigenvalue weighted by Gasteiger charge is -2.37. The van der Waals surface area contributed by atoms with Crippen molar-refractivity contribution in [3.8, 4) is 0 Å². The molecule has 0 spiro atoms. The molecule has 0 radical (unpaired) electrons. The lowest BCUT2D eigenvalue weighted by Crippen LogP contribution is -2.47. The number of imide groups is 1. The largest absolute Gasteiger partial charge is 0.368 e. The topological polar surface area (TPSA) is 43.9 Å².